The minimum absolute atomic E-state index is 0.672. The van der Waals surface area contributed by atoms with Crippen LogP contribution in [0.25, 0.3) is 11.4 Å². The number of nitrogens with two attached hydrogens (primary N) is 1. The van der Waals surface area contributed by atoms with Gasteiger partial charge in [0.2, 0.25) is 0 Å². The Hall–Kier alpha value is -2.34. The van der Waals surface area contributed by atoms with Crippen molar-refractivity contribution in [3.05, 3.63) is 58.8 Å². The average Bonchev–Trinajstić information content (AvgIpc) is 2.98. The van der Waals surface area contributed by atoms with Crippen LogP contribution in [0.4, 0.5) is 11.4 Å². The van der Waals surface area contributed by atoms with Crippen LogP contribution in [0.2, 0.25) is 0 Å². The molecule has 0 aliphatic carbocycles. The van der Waals surface area contributed by atoms with Crippen LogP contribution in [-0.2, 0) is 6.42 Å². The molecule has 3 aromatic rings. The molecule has 0 aliphatic heterocycles. The third-order valence-corrected chi connectivity index (χ3v) is 3.74. The van der Waals surface area contributed by atoms with Gasteiger partial charge in [-0.1, -0.05) is 28.1 Å². The topological polar surface area (TPSA) is 79.6 Å². The first-order chi connectivity index (χ1) is 10.7. The van der Waals surface area contributed by atoms with Crippen LogP contribution in [0, 0.1) is 0 Å². The lowest BCUT2D eigenvalue weighted by atomic mass is 10.2. The molecule has 6 heteroatoms. The smallest absolute Gasteiger partial charge is 0.181 e. The van der Waals surface area contributed by atoms with Gasteiger partial charge < -0.3 is 11.1 Å². The Labute approximate surface area is 137 Å². The normalized spacial score (nSPS) is 10.6. The number of aromatic nitrogens is 3. The maximum Gasteiger partial charge on any atom is 0.181 e. The standard InChI is InChI=1S/C16H16BrN5/c17-12-4-6-14(7-5-12)19-9-8-15-20-16(22-21-15)11-2-1-3-13(18)10-11/h1-7,10,19H,8-9,18H2,(H,20,21,22). The van der Waals surface area contributed by atoms with Gasteiger partial charge in [-0.25, -0.2) is 4.98 Å². The van der Waals surface area contributed by atoms with Crippen molar-refractivity contribution in [2.45, 2.75) is 6.42 Å². The third kappa shape index (κ3) is 3.65. The summed E-state index contributed by atoms with van der Waals surface area (Å²) in [6.45, 7) is 0.785. The largest absolute Gasteiger partial charge is 0.399 e. The van der Waals surface area contributed by atoms with Gasteiger partial charge in [-0.15, -0.1) is 0 Å². The van der Waals surface area contributed by atoms with E-state index < -0.39 is 0 Å². The number of H-pyrrole nitrogens is 1. The zero-order valence-corrected chi connectivity index (χ0v) is 13.5. The number of aromatic amines is 1. The van der Waals surface area contributed by atoms with Crippen LogP contribution in [-0.4, -0.2) is 21.7 Å². The zero-order chi connectivity index (χ0) is 15.4. The number of benzene rings is 2. The van der Waals surface area contributed by atoms with Crippen molar-refractivity contribution < 1.29 is 0 Å². The lowest BCUT2D eigenvalue weighted by Gasteiger charge is -2.04. The minimum Gasteiger partial charge on any atom is -0.399 e. The highest BCUT2D eigenvalue weighted by atomic mass is 79.9. The van der Waals surface area contributed by atoms with Gasteiger partial charge in [-0.05, 0) is 36.4 Å². The van der Waals surface area contributed by atoms with E-state index in [1.54, 1.807) is 0 Å². The van der Waals surface area contributed by atoms with Gasteiger partial charge in [-0.3, -0.25) is 5.10 Å². The Morgan fingerprint density at radius 1 is 1.14 bits per heavy atom. The lowest BCUT2D eigenvalue weighted by Crippen LogP contribution is -2.05. The van der Waals surface area contributed by atoms with Crippen molar-refractivity contribution in [3.8, 4) is 11.4 Å². The highest BCUT2D eigenvalue weighted by Gasteiger charge is 2.06. The van der Waals surface area contributed by atoms with Crippen molar-refractivity contribution in [2.24, 2.45) is 0 Å². The molecular formula is C16H16BrN5. The number of anilines is 2. The summed E-state index contributed by atoms with van der Waals surface area (Å²) >= 11 is 3.42. The van der Waals surface area contributed by atoms with Crippen molar-refractivity contribution in [3.63, 3.8) is 0 Å². The molecular weight excluding hydrogens is 342 g/mol. The van der Waals surface area contributed by atoms with Gasteiger partial charge in [0.05, 0.1) is 0 Å². The molecule has 0 fully saturated rings. The molecule has 1 aromatic heterocycles. The summed E-state index contributed by atoms with van der Waals surface area (Å²) in [5.41, 5.74) is 8.49. The summed E-state index contributed by atoms with van der Waals surface area (Å²) in [6.07, 6.45) is 0.769. The molecule has 0 saturated heterocycles. The van der Waals surface area contributed by atoms with Gasteiger partial charge in [0.1, 0.15) is 5.82 Å². The number of nitrogens with one attached hydrogen (secondary N) is 2. The molecule has 0 radical (unpaired) electrons. The fraction of sp³-hybridized carbons (Fsp3) is 0.125. The second kappa shape index (κ2) is 6.62. The second-order valence-corrected chi connectivity index (χ2v) is 5.83. The van der Waals surface area contributed by atoms with E-state index >= 15 is 0 Å². The van der Waals surface area contributed by atoms with E-state index in [0.29, 0.717) is 11.5 Å². The molecule has 1 heterocycles. The first-order valence-electron chi connectivity index (χ1n) is 6.97. The van der Waals surface area contributed by atoms with Gasteiger partial charge in [0, 0.05) is 34.4 Å². The SMILES string of the molecule is Nc1cccc(-c2n[nH]c(CCNc3ccc(Br)cc3)n2)c1. The Balaban J connectivity index is 1.59. The number of hydrogen-bond donors (Lipinski definition) is 3. The van der Waals surface area contributed by atoms with Gasteiger partial charge in [0.25, 0.3) is 0 Å². The number of hydrogen-bond acceptors (Lipinski definition) is 4. The van der Waals surface area contributed by atoms with E-state index in [0.717, 1.165) is 34.5 Å². The molecule has 0 spiro atoms. The van der Waals surface area contributed by atoms with Crippen LogP contribution in [0.1, 0.15) is 5.82 Å². The number of nitrogens with zero attached hydrogens (tertiary/aromatic N) is 2. The quantitative estimate of drug-likeness (QED) is 0.610. The predicted molar refractivity (Wildman–Crippen MR) is 92.6 cm³/mol. The maximum absolute atomic E-state index is 5.78. The molecule has 0 aliphatic rings. The molecule has 3 rings (SSSR count). The number of nitrogen functional groups attached to an aromatic ring is 1. The van der Waals surface area contributed by atoms with Crippen molar-refractivity contribution in [1.29, 1.82) is 0 Å². The van der Waals surface area contributed by atoms with Crippen LogP contribution in [0.5, 0.6) is 0 Å². The van der Waals surface area contributed by atoms with Gasteiger partial charge in [-0.2, -0.15) is 5.10 Å². The van der Waals surface area contributed by atoms with Crippen molar-refractivity contribution >= 4 is 27.3 Å². The molecule has 0 saturated carbocycles. The Kier molecular flexibility index (Phi) is 4.39. The summed E-state index contributed by atoms with van der Waals surface area (Å²) < 4.78 is 1.07. The van der Waals surface area contributed by atoms with Crippen LogP contribution in [0.3, 0.4) is 0 Å². The summed E-state index contributed by atoms with van der Waals surface area (Å²) in [7, 11) is 0. The van der Waals surface area contributed by atoms with Crippen molar-refractivity contribution in [2.75, 3.05) is 17.6 Å². The first-order valence-corrected chi connectivity index (χ1v) is 7.76. The number of rotatable bonds is 5. The molecule has 5 nitrogen and oxygen atoms in total. The van der Waals surface area contributed by atoms with E-state index in [2.05, 4.69) is 36.4 Å². The molecule has 22 heavy (non-hydrogen) atoms. The Bertz CT molecular complexity index is 751. The monoisotopic (exact) mass is 357 g/mol. The van der Waals surface area contributed by atoms with Crippen LogP contribution < -0.4 is 11.1 Å². The average molecular weight is 358 g/mol. The van der Waals surface area contributed by atoms with Crippen molar-refractivity contribution in [1.82, 2.24) is 15.2 Å². The highest BCUT2D eigenvalue weighted by Crippen LogP contribution is 2.17. The molecule has 0 atom stereocenters. The lowest BCUT2D eigenvalue weighted by molar-refractivity contribution is 0.901. The Morgan fingerprint density at radius 3 is 2.73 bits per heavy atom. The van der Waals surface area contributed by atoms with Gasteiger partial charge in [0.15, 0.2) is 5.82 Å². The fourth-order valence-corrected chi connectivity index (χ4v) is 2.37. The molecule has 0 amide bonds. The Morgan fingerprint density at radius 2 is 1.95 bits per heavy atom. The highest BCUT2D eigenvalue weighted by molar-refractivity contribution is 9.10. The number of halogens is 1. The summed E-state index contributed by atoms with van der Waals surface area (Å²) in [5, 5.41) is 10.6. The summed E-state index contributed by atoms with van der Waals surface area (Å²) in [6, 6.07) is 15.6. The van der Waals surface area contributed by atoms with E-state index in [1.165, 1.54) is 0 Å². The van der Waals surface area contributed by atoms with Gasteiger partial charge >= 0.3 is 0 Å². The first kappa shape index (κ1) is 14.6. The van der Waals surface area contributed by atoms with Crippen LogP contribution in [0.15, 0.2) is 53.0 Å². The second-order valence-electron chi connectivity index (χ2n) is 4.91. The maximum atomic E-state index is 5.78. The van der Waals surface area contributed by atoms with E-state index in [-0.39, 0.29) is 0 Å². The zero-order valence-electron chi connectivity index (χ0n) is 11.9. The summed E-state index contributed by atoms with van der Waals surface area (Å²) in [5.74, 6) is 1.52. The third-order valence-electron chi connectivity index (χ3n) is 3.21. The minimum atomic E-state index is 0.672. The van der Waals surface area contributed by atoms with E-state index in [9.17, 15) is 0 Å². The predicted octanol–water partition coefficient (Wildman–Crippen LogP) is 3.47. The van der Waals surface area contributed by atoms with E-state index in [1.807, 2.05) is 48.5 Å². The van der Waals surface area contributed by atoms with E-state index in [4.69, 9.17) is 5.73 Å². The molecule has 4 N–H and O–H groups in total. The molecule has 0 unspecified atom stereocenters. The molecule has 0 bridgehead atoms. The van der Waals surface area contributed by atoms with Crippen LogP contribution >= 0.6 is 15.9 Å². The fourth-order valence-electron chi connectivity index (χ4n) is 2.11. The summed E-state index contributed by atoms with van der Waals surface area (Å²) in [4.78, 5) is 4.50. The molecule has 2 aromatic carbocycles. The molecule has 112 valence electrons.